The third-order valence-electron chi connectivity index (χ3n) is 2.62. The molecular formula is C15H13ClFNO2. The van der Waals surface area contributed by atoms with Crippen molar-refractivity contribution in [3.8, 4) is 5.75 Å². The summed E-state index contributed by atoms with van der Waals surface area (Å²) in [5, 5.41) is 2.83. The Bertz CT molecular complexity index is 631. The second-order valence-electron chi connectivity index (χ2n) is 4.01. The molecule has 5 heteroatoms. The highest BCUT2D eigenvalue weighted by molar-refractivity contribution is 6.32. The minimum absolute atomic E-state index is 0.127. The molecule has 1 amide bonds. The third-order valence-corrected chi connectivity index (χ3v) is 2.91. The molecular weight excluding hydrogens is 281 g/mol. The van der Waals surface area contributed by atoms with Crippen LogP contribution in [0.15, 0.2) is 42.5 Å². The maximum Gasteiger partial charge on any atom is 0.255 e. The Morgan fingerprint density at radius 1 is 1.30 bits per heavy atom. The molecule has 2 aromatic rings. The van der Waals surface area contributed by atoms with Crippen LogP contribution in [-0.4, -0.2) is 12.5 Å². The minimum Gasteiger partial charge on any atom is -0.492 e. The molecule has 20 heavy (non-hydrogen) atoms. The molecule has 2 rings (SSSR count). The van der Waals surface area contributed by atoms with E-state index >= 15 is 0 Å². The van der Waals surface area contributed by atoms with Gasteiger partial charge < -0.3 is 10.1 Å². The first-order valence-electron chi connectivity index (χ1n) is 6.10. The van der Waals surface area contributed by atoms with E-state index in [2.05, 4.69) is 5.32 Å². The van der Waals surface area contributed by atoms with E-state index in [1.54, 1.807) is 24.3 Å². The Labute approximate surface area is 121 Å². The molecule has 1 N–H and O–H groups in total. The molecule has 0 atom stereocenters. The van der Waals surface area contributed by atoms with Crippen LogP contribution >= 0.6 is 11.6 Å². The highest BCUT2D eigenvalue weighted by Crippen LogP contribution is 2.26. The van der Waals surface area contributed by atoms with Crippen molar-refractivity contribution in [2.24, 2.45) is 0 Å². The van der Waals surface area contributed by atoms with Gasteiger partial charge in [0.15, 0.2) is 0 Å². The first-order valence-corrected chi connectivity index (χ1v) is 6.48. The molecule has 0 radical (unpaired) electrons. The van der Waals surface area contributed by atoms with Gasteiger partial charge in [-0.15, -0.1) is 0 Å². The lowest BCUT2D eigenvalue weighted by Gasteiger charge is -2.09. The normalized spacial score (nSPS) is 10.2. The van der Waals surface area contributed by atoms with Gasteiger partial charge in [0.1, 0.15) is 11.6 Å². The smallest absolute Gasteiger partial charge is 0.255 e. The molecule has 0 heterocycles. The summed E-state index contributed by atoms with van der Waals surface area (Å²) in [5.41, 5.74) is 0.462. The van der Waals surface area contributed by atoms with Crippen molar-refractivity contribution in [2.45, 2.75) is 6.92 Å². The van der Waals surface area contributed by atoms with Gasteiger partial charge in [-0.1, -0.05) is 23.7 Å². The second kappa shape index (κ2) is 6.39. The number of hydrogen-bond donors (Lipinski definition) is 1. The van der Waals surface area contributed by atoms with Gasteiger partial charge in [0.2, 0.25) is 0 Å². The molecule has 0 bridgehead atoms. The van der Waals surface area contributed by atoms with Crippen molar-refractivity contribution in [3.63, 3.8) is 0 Å². The number of hydrogen-bond acceptors (Lipinski definition) is 2. The largest absolute Gasteiger partial charge is 0.492 e. The summed E-state index contributed by atoms with van der Waals surface area (Å²) >= 11 is 6.01. The molecule has 0 aliphatic rings. The van der Waals surface area contributed by atoms with Crippen molar-refractivity contribution in [1.29, 1.82) is 0 Å². The van der Waals surface area contributed by atoms with Crippen LogP contribution in [0.2, 0.25) is 5.02 Å². The summed E-state index contributed by atoms with van der Waals surface area (Å²) in [4.78, 5) is 12.0. The van der Waals surface area contributed by atoms with Gasteiger partial charge in [-0.05, 0) is 37.3 Å². The zero-order valence-electron chi connectivity index (χ0n) is 10.8. The van der Waals surface area contributed by atoms with E-state index in [9.17, 15) is 9.18 Å². The fourth-order valence-electron chi connectivity index (χ4n) is 1.67. The highest BCUT2D eigenvalue weighted by atomic mass is 35.5. The van der Waals surface area contributed by atoms with Gasteiger partial charge >= 0.3 is 0 Å². The monoisotopic (exact) mass is 293 g/mol. The van der Waals surface area contributed by atoms with Crippen LogP contribution in [0.25, 0.3) is 0 Å². The number of para-hydroxylation sites is 1. The molecule has 3 nitrogen and oxygen atoms in total. The zero-order valence-corrected chi connectivity index (χ0v) is 11.6. The Kier molecular flexibility index (Phi) is 4.58. The van der Waals surface area contributed by atoms with E-state index in [4.69, 9.17) is 16.3 Å². The number of anilines is 1. The fraction of sp³-hybridized carbons (Fsp3) is 0.133. The van der Waals surface area contributed by atoms with Crippen LogP contribution in [0.5, 0.6) is 5.75 Å². The molecule has 0 aliphatic heterocycles. The van der Waals surface area contributed by atoms with E-state index in [1.165, 1.54) is 18.2 Å². The number of rotatable bonds is 4. The van der Waals surface area contributed by atoms with Crippen molar-refractivity contribution in [2.75, 3.05) is 11.9 Å². The number of amides is 1. The van der Waals surface area contributed by atoms with Crippen molar-refractivity contribution in [1.82, 2.24) is 0 Å². The number of ether oxygens (including phenoxy) is 1. The summed E-state index contributed by atoms with van der Waals surface area (Å²) in [5.74, 6) is -0.408. The topological polar surface area (TPSA) is 38.3 Å². The van der Waals surface area contributed by atoms with Crippen LogP contribution in [0, 0.1) is 5.82 Å². The Morgan fingerprint density at radius 3 is 2.70 bits per heavy atom. The van der Waals surface area contributed by atoms with E-state index in [0.717, 1.165) is 0 Å². The lowest BCUT2D eigenvalue weighted by Crippen LogP contribution is -2.13. The summed E-state index contributed by atoms with van der Waals surface area (Å²) in [6, 6.07) is 10.6. The van der Waals surface area contributed by atoms with Crippen LogP contribution in [-0.2, 0) is 0 Å². The predicted molar refractivity (Wildman–Crippen MR) is 77.0 cm³/mol. The highest BCUT2D eigenvalue weighted by Gasteiger charge is 2.11. The maximum absolute atomic E-state index is 13.4. The number of nitrogens with one attached hydrogen (secondary N) is 1. The van der Waals surface area contributed by atoms with Gasteiger partial charge in [-0.3, -0.25) is 4.79 Å². The summed E-state index contributed by atoms with van der Waals surface area (Å²) in [6.07, 6.45) is 0. The van der Waals surface area contributed by atoms with Gasteiger partial charge in [-0.25, -0.2) is 4.39 Å². The summed E-state index contributed by atoms with van der Waals surface area (Å²) < 4.78 is 18.7. The molecule has 0 saturated heterocycles. The summed E-state index contributed by atoms with van der Waals surface area (Å²) in [7, 11) is 0. The Morgan fingerprint density at radius 2 is 2.05 bits per heavy atom. The van der Waals surface area contributed by atoms with Gasteiger partial charge in [0, 0.05) is 5.56 Å². The number of carbonyl (C=O) groups excluding carboxylic acids is 1. The Hall–Kier alpha value is -2.07. The van der Waals surface area contributed by atoms with Gasteiger partial charge in [0.25, 0.3) is 5.91 Å². The standard InChI is InChI=1S/C15H13ClFNO2/c1-2-20-14-8-7-10(9-11(14)16)15(19)18-13-6-4-3-5-12(13)17/h3-9H,2H2,1H3,(H,18,19). The van der Waals surface area contributed by atoms with E-state index < -0.39 is 11.7 Å². The van der Waals surface area contributed by atoms with Gasteiger partial charge in [-0.2, -0.15) is 0 Å². The lowest BCUT2D eigenvalue weighted by atomic mass is 10.2. The van der Waals surface area contributed by atoms with E-state index in [0.29, 0.717) is 22.9 Å². The molecule has 0 unspecified atom stereocenters. The predicted octanol–water partition coefficient (Wildman–Crippen LogP) is 4.13. The van der Waals surface area contributed by atoms with Crippen LogP contribution < -0.4 is 10.1 Å². The molecule has 104 valence electrons. The average molecular weight is 294 g/mol. The van der Waals surface area contributed by atoms with Crippen LogP contribution in [0.1, 0.15) is 17.3 Å². The molecule has 0 aliphatic carbocycles. The SMILES string of the molecule is CCOc1ccc(C(=O)Nc2ccccc2F)cc1Cl. The van der Waals surface area contributed by atoms with E-state index in [-0.39, 0.29) is 5.69 Å². The second-order valence-corrected chi connectivity index (χ2v) is 4.42. The van der Waals surface area contributed by atoms with Gasteiger partial charge in [0.05, 0.1) is 17.3 Å². The molecule has 0 spiro atoms. The number of carbonyl (C=O) groups is 1. The maximum atomic E-state index is 13.4. The molecule has 0 saturated carbocycles. The zero-order chi connectivity index (χ0) is 14.5. The fourth-order valence-corrected chi connectivity index (χ4v) is 1.91. The minimum atomic E-state index is -0.488. The quantitative estimate of drug-likeness (QED) is 0.920. The third kappa shape index (κ3) is 3.27. The molecule has 0 fully saturated rings. The summed E-state index contributed by atoms with van der Waals surface area (Å²) in [6.45, 7) is 2.33. The lowest BCUT2D eigenvalue weighted by molar-refractivity contribution is 0.102. The molecule has 2 aromatic carbocycles. The van der Waals surface area contributed by atoms with Crippen molar-refractivity contribution in [3.05, 3.63) is 58.9 Å². The first kappa shape index (κ1) is 14.3. The first-order chi connectivity index (χ1) is 9.61. The number of halogens is 2. The molecule has 0 aromatic heterocycles. The van der Waals surface area contributed by atoms with Crippen LogP contribution in [0.3, 0.4) is 0 Å². The van der Waals surface area contributed by atoms with E-state index in [1.807, 2.05) is 6.92 Å². The van der Waals surface area contributed by atoms with Crippen molar-refractivity contribution >= 4 is 23.2 Å². The van der Waals surface area contributed by atoms with Crippen LogP contribution in [0.4, 0.5) is 10.1 Å². The Balaban J connectivity index is 2.18. The number of benzene rings is 2. The van der Waals surface area contributed by atoms with Crippen molar-refractivity contribution < 1.29 is 13.9 Å². The average Bonchev–Trinajstić information content (AvgIpc) is 2.43.